The van der Waals surface area contributed by atoms with Crippen LogP contribution in [0.15, 0.2) is 54.6 Å². The first kappa shape index (κ1) is 16.2. The number of carbonyl (C=O) groups is 1. The number of para-hydroxylation sites is 3. The van der Waals surface area contributed by atoms with E-state index in [-0.39, 0.29) is 12.0 Å². The predicted octanol–water partition coefficient (Wildman–Crippen LogP) is 2.42. The molecule has 1 saturated heterocycles. The summed E-state index contributed by atoms with van der Waals surface area (Å²) in [7, 11) is 3.55. The number of hydrogen-bond donors (Lipinski definition) is 0. The minimum Gasteiger partial charge on any atom is -0.493 e. The molecular weight excluding hydrogens is 304 g/mol. The molecule has 0 aliphatic carbocycles. The molecule has 1 aliphatic heterocycles. The second-order valence-corrected chi connectivity index (χ2v) is 5.88. The summed E-state index contributed by atoms with van der Waals surface area (Å²) < 4.78 is 11.2. The first-order valence-electron chi connectivity index (χ1n) is 8.01. The number of anilines is 1. The Morgan fingerprint density at radius 1 is 1.08 bits per heavy atom. The molecule has 0 spiro atoms. The highest BCUT2D eigenvalue weighted by Gasteiger charge is 2.33. The van der Waals surface area contributed by atoms with Gasteiger partial charge in [0.1, 0.15) is 6.10 Å². The van der Waals surface area contributed by atoms with Gasteiger partial charge in [0.05, 0.1) is 26.7 Å². The van der Waals surface area contributed by atoms with Gasteiger partial charge in [0.2, 0.25) is 5.91 Å². The van der Waals surface area contributed by atoms with Crippen LogP contribution in [-0.4, -0.2) is 50.7 Å². The number of amides is 1. The number of rotatable bonds is 6. The van der Waals surface area contributed by atoms with Gasteiger partial charge in [0.15, 0.2) is 11.5 Å². The van der Waals surface area contributed by atoms with Gasteiger partial charge in [0.25, 0.3) is 0 Å². The van der Waals surface area contributed by atoms with Gasteiger partial charge in [-0.2, -0.15) is 0 Å². The lowest BCUT2D eigenvalue weighted by molar-refractivity contribution is -0.138. The molecule has 1 fully saturated rings. The van der Waals surface area contributed by atoms with Gasteiger partial charge < -0.3 is 19.3 Å². The zero-order valence-corrected chi connectivity index (χ0v) is 14.0. The van der Waals surface area contributed by atoms with E-state index in [1.165, 1.54) is 0 Å². The van der Waals surface area contributed by atoms with E-state index in [1.807, 2.05) is 71.4 Å². The summed E-state index contributed by atoms with van der Waals surface area (Å²) in [5, 5.41) is 0. The fourth-order valence-corrected chi connectivity index (χ4v) is 2.69. The molecular formula is C19H22N2O3. The molecule has 1 amide bonds. The Morgan fingerprint density at radius 3 is 2.38 bits per heavy atom. The van der Waals surface area contributed by atoms with Crippen LogP contribution in [0.25, 0.3) is 0 Å². The van der Waals surface area contributed by atoms with Gasteiger partial charge in [-0.25, -0.2) is 0 Å². The average Bonchev–Trinajstić information content (AvgIpc) is 2.58. The number of hydrogen-bond acceptors (Lipinski definition) is 4. The Hall–Kier alpha value is -2.69. The number of methoxy groups -OCH3 is 1. The van der Waals surface area contributed by atoms with E-state index in [9.17, 15) is 4.79 Å². The highest BCUT2D eigenvalue weighted by atomic mass is 16.5. The summed E-state index contributed by atoms with van der Waals surface area (Å²) >= 11 is 0. The molecule has 0 saturated carbocycles. The quantitative estimate of drug-likeness (QED) is 0.818. The molecule has 126 valence electrons. The molecule has 0 aromatic heterocycles. The molecule has 1 heterocycles. The molecule has 0 bridgehead atoms. The van der Waals surface area contributed by atoms with E-state index in [0.717, 1.165) is 11.4 Å². The second-order valence-electron chi connectivity index (χ2n) is 5.88. The van der Waals surface area contributed by atoms with E-state index in [1.54, 1.807) is 7.11 Å². The number of ether oxygens (including phenoxy) is 2. The molecule has 0 unspecified atom stereocenters. The van der Waals surface area contributed by atoms with E-state index in [4.69, 9.17) is 9.47 Å². The maximum Gasteiger partial charge on any atom is 0.242 e. The van der Waals surface area contributed by atoms with E-state index in [0.29, 0.717) is 25.4 Å². The van der Waals surface area contributed by atoms with Crippen molar-refractivity contribution in [2.75, 3.05) is 38.7 Å². The van der Waals surface area contributed by atoms with Gasteiger partial charge >= 0.3 is 0 Å². The third kappa shape index (κ3) is 3.62. The van der Waals surface area contributed by atoms with Crippen molar-refractivity contribution < 1.29 is 14.3 Å². The van der Waals surface area contributed by atoms with Crippen molar-refractivity contribution in [2.45, 2.75) is 6.10 Å². The molecule has 0 atom stereocenters. The van der Waals surface area contributed by atoms with E-state index in [2.05, 4.69) is 0 Å². The van der Waals surface area contributed by atoms with Crippen LogP contribution in [0.3, 0.4) is 0 Å². The van der Waals surface area contributed by atoms with Crippen LogP contribution in [0.5, 0.6) is 11.5 Å². The Kier molecular flexibility index (Phi) is 4.89. The Morgan fingerprint density at radius 2 is 1.71 bits per heavy atom. The Balaban J connectivity index is 1.48. The minimum atomic E-state index is 0.0206. The van der Waals surface area contributed by atoms with Crippen LogP contribution in [-0.2, 0) is 4.79 Å². The maximum atomic E-state index is 12.3. The van der Waals surface area contributed by atoms with Crippen LogP contribution in [0.2, 0.25) is 0 Å². The van der Waals surface area contributed by atoms with E-state index >= 15 is 0 Å². The largest absolute Gasteiger partial charge is 0.493 e. The monoisotopic (exact) mass is 326 g/mol. The first-order valence-corrected chi connectivity index (χ1v) is 8.01. The summed E-state index contributed by atoms with van der Waals surface area (Å²) in [6.45, 7) is 1.59. The first-order chi connectivity index (χ1) is 11.7. The average molecular weight is 326 g/mol. The fraction of sp³-hybridized carbons (Fsp3) is 0.316. The summed E-state index contributed by atoms with van der Waals surface area (Å²) in [6.07, 6.45) is 0.0206. The number of benzene rings is 2. The van der Waals surface area contributed by atoms with Gasteiger partial charge in [-0.1, -0.05) is 30.3 Å². The van der Waals surface area contributed by atoms with E-state index < -0.39 is 0 Å². The topological polar surface area (TPSA) is 42.0 Å². The smallest absolute Gasteiger partial charge is 0.242 e. The molecule has 5 heteroatoms. The number of carbonyl (C=O) groups excluding carboxylic acids is 1. The third-order valence-corrected chi connectivity index (χ3v) is 4.13. The molecule has 1 aliphatic rings. The molecule has 2 aromatic carbocycles. The van der Waals surface area contributed by atoms with Gasteiger partial charge in [-0.15, -0.1) is 0 Å². The highest BCUT2D eigenvalue weighted by molar-refractivity contribution is 5.82. The van der Waals surface area contributed by atoms with Crippen LogP contribution in [0.1, 0.15) is 0 Å². The lowest BCUT2D eigenvalue weighted by atomic mass is 10.1. The van der Waals surface area contributed by atoms with Gasteiger partial charge in [-0.3, -0.25) is 4.79 Å². The summed E-state index contributed by atoms with van der Waals surface area (Å²) in [5.41, 5.74) is 1.04. The lowest BCUT2D eigenvalue weighted by Crippen LogP contribution is -2.58. The second kappa shape index (κ2) is 7.25. The molecule has 3 rings (SSSR count). The molecule has 5 nitrogen and oxygen atoms in total. The molecule has 0 radical (unpaired) electrons. The number of likely N-dealkylation sites (N-methyl/N-ethyl adjacent to an activating group) is 1. The van der Waals surface area contributed by atoms with Gasteiger partial charge in [-0.05, 0) is 24.3 Å². The Labute approximate surface area is 142 Å². The SMILES string of the molecule is COc1ccccc1OC1CN(C(=O)CN(C)c2ccccc2)C1. The van der Waals surface area contributed by atoms with Crippen molar-refractivity contribution in [3.8, 4) is 11.5 Å². The summed E-state index contributed by atoms with van der Waals surface area (Å²) in [5.74, 6) is 1.55. The molecule has 0 N–H and O–H groups in total. The highest BCUT2D eigenvalue weighted by Crippen LogP contribution is 2.28. The van der Waals surface area contributed by atoms with Crippen LogP contribution in [0.4, 0.5) is 5.69 Å². The Bertz CT molecular complexity index is 684. The maximum absolute atomic E-state index is 12.3. The summed E-state index contributed by atoms with van der Waals surface area (Å²) in [4.78, 5) is 16.1. The van der Waals surface area contributed by atoms with Crippen LogP contribution >= 0.6 is 0 Å². The summed E-state index contributed by atoms with van der Waals surface area (Å²) in [6, 6.07) is 17.5. The lowest BCUT2D eigenvalue weighted by Gasteiger charge is -2.40. The van der Waals surface area contributed by atoms with Crippen molar-refractivity contribution in [1.82, 2.24) is 4.90 Å². The number of nitrogens with zero attached hydrogens (tertiary/aromatic N) is 2. The minimum absolute atomic E-state index is 0.0206. The third-order valence-electron chi connectivity index (χ3n) is 4.13. The van der Waals surface area contributed by atoms with Crippen molar-refractivity contribution in [3.05, 3.63) is 54.6 Å². The van der Waals surface area contributed by atoms with Gasteiger partial charge in [0, 0.05) is 12.7 Å². The van der Waals surface area contributed by atoms with Crippen molar-refractivity contribution in [3.63, 3.8) is 0 Å². The van der Waals surface area contributed by atoms with Crippen LogP contribution in [0, 0.1) is 0 Å². The van der Waals surface area contributed by atoms with Crippen molar-refractivity contribution >= 4 is 11.6 Å². The predicted molar refractivity (Wildman–Crippen MR) is 93.7 cm³/mol. The standard InChI is InChI=1S/C19H22N2O3/c1-20(15-8-4-3-5-9-15)14-19(22)21-12-16(13-21)24-18-11-7-6-10-17(18)23-2/h3-11,16H,12-14H2,1-2H3. The van der Waals surface area contributed by atoms with Crippen molar-refractivity contribution in [2.24, 2.45) is 0 Å². The fourth-order valence-electron chi connectivity index (χ4n) is 2.69. The zero-order chi connectivity index (χ0) is 16.9. The number of likely N-dealkylation sites (tertiary alicyclic amines) is 1. The molecule has 24 heavy (non-hydrogen) atoms. The van der Waals surface area contributed by atoms with Crippen LogP contribution < -0.4 is 14.4 Å². The van der Waals surface area contributed by atoms with Crippen molar-refractivity contribution in [1.29, 1.82) is 0 Å². The zero-order valence-electron chi connectivity index (χ0n) is 14.0. The molecule has 2 aromatic rings. The normalized spacial score (nSPS) is 14.0.